The smallest absolute Gasteiger partial charge is 0.255 e. The number of rotatable bonds is 3. The third kappa shape index (κ3) is 3.63. The van der Waals surface area contributed by atoms with Crippen molar-refractivity contribution in [3.05, 3.63) is 44.8 Å². The highest BCUT2D eigenvalue weighted by Crippen LogP contribution is 2.27. The van der Waals surface area contributed by atoms with E-state index in [1.807, 2.05) is 39.9 Å². The molecule has 0 unspecified atom stereocenters. The lowest BCUT2D eigenvalue weighted by atomic mass is 10.1. The van der Waals surface area contributed by atoms with Crippen LogP contribution in [0.3, 0.4) is 0 Å². The van der Waals surface area contributed by atoms with Gasteiger partial charge in [-0.05, 0) is 41.8 Å². The van der Waals surface area contributed by atoms with Gasteiger partial charge in [-0.15, -0.1) is 22.7 Å². The maximum absolute atomic E-state index is 12.9. The number of carbonyl (C=O) groups excluding carboxylic acids is 1. The predicted molar refractivity (Wildman–Crippen MR) is 91.6 cm³/mol. The molecule has 2 aromatic heterocycles. The van der Waals surface area contributed by atoms with E-state index in [0.29, 0.717) is 0 Å². The Bertz CT molecular complexity index is 591. The average molecular weight is 317 g/mol. The van der Waals surface area contributed by atoms with E-state index in [4.69, 9.17) is 0 Å². The van der Waals surface area contributed by atoms with Gasteiger partial charge in [0.1, 0.15) is 0 Å². The summed E-state index contributed by atoms with van der Waals surface area (Å²) < 4.78 is 0. The molecular formula is C17H19NOS2. The molecule has 1 aliphatic rings. The number of nitrogens with zero attached hydrogens (tertiary/aromatic N) is 1. The summed E-state index contributed by atoms with van der Waals surface area (Å²) in [6, 6.07) is 8.14. The van der Waals surface area contributed by atoms with Crippen LogP contribution in [0.1, 0.15) is 35.4 Å². The van der Waals surface area contributed by atoms with Crippen molar-refractivity contribution in [2.45, 2.75) is 25.7 Å². The van der Waals surface area contributed by atoms with Crippen LogP contribution in [-0.2, 0) is 4.79 Å². The van der Waals surface area contributed by atoms with Gasteiger partial charge >= 0.3 is 0 Å². The molecule has 0 saturated carbocycles. The molecule has 110 valence electrons. The molecule has 0 radical (unpaired) electrons. The first-order valence-corrected chi connectivity index (χ1v) is 9.19. The molecule has 3 rings (SSSR count). The van der Waals surface area contributed by atoms with E-state index in [-0.39, 0.29) is 5.91 Å². The number of likely N-dealkylation sites (tertiary alicyclic amines) is 1. The first-order chi connectivity index (χ1) is 10.3. The number of amides is 1. The van der Waals surface area contributed by atoms with Crippen LogP contribution in [0, 0.1) is 0 Å². The molecule has 2 nitrogen and oxygen atoms in total. The zero-order valence-corrected chi connectivity index (χ0v) is 13.6. The lowest BCUT2D eigenvalue weighted by molar-refractivity contribution is -0.124. The van der Waals surface area contributed by atoms with E-state index in [9.17, 15) is 4.79 Å². The molecular weight excluding hydrogens is 298 g/mol. The van der Waals surface area contributed by atoms with Crippen LogP contribution in [-0.4, -0.2) is 23.9 Å². The fourth-order valence-electron chi connectivity index (χ4n) is 2.63. The molecule has 0 bridgehead atoms. The molecule has 21 heavy (non-hydrogen) atoms. The second-order valence-corrected chi connectivity index (χ2v) is 7.18. The Balaban J connectivity index is 1.89. The predicted octanol–water partition coefficient (Wildman–Crippen LogP) is 4.75. The van der Waals surface area contributed by atoms with Crippen molar-refractivity contribution < 1.29 is 4.79 Å². The van der Waals surface area contributed by atoms with Crippen LogP contribution in [0.5, 0.6) is 0 Å². The van der Waals surface area contributed by atoms with Gasteiger partial charge in [0.25, 0.3) is 5.91 Å². The molecule has 0 N–H and O–H groups in total. The second kappa shape index (κ2) is 7.05. The Morgan fingerprint density at radius 2 is 1.71 bits per heavy atom. The van der Waals surface area contributed by atoms with Gasteiger partial charge in [0.15, 0.2) is 0 Å². The van der Waals surface area contributed by atoms with Crippen LogP contribution < -0.4 is 0 Å². The summed E-state index contributed by atoms with van der Waals surface area (Å²) in [7, 11) is 0. The number of thiophene rings is 2. The second-order valence-electron chi connectivity index (χ2n) is 5.26. The summed E-state index contributed by atoms with van der Waals surface area (Å²) >= 11 is 3.31. The van der Waals surface area contributed by atoms with Crippen LogP contribution in [0.25, 0.3) is 11.6 Å². The molecule has 0 atom stereocenters. The monoisotopic (exact) mass is 317 g/mol. The molecule has 0 spiro atoms. The molecule has 1 fully saturated rings. The van der Waals surface area contributed by atoms with Gasteiger partial charge in [-0.25, -0.2) is 0 Å². The van der Waals surface area contributed by atoms with Gasteiger partial charge in [0.05, 0.1) is 5.57 Å². The summed E-state index contributed by atoms with van der Waals surface area (Å²) in [6.07, 6.45) is 6.79. The molecule has 1 amide bonds. The molecule has 1 saturated heterocycles. The lowest BCUT2D eigenvalue weighted by Crippen LogP contribution is -2.32. The van der Waals surface area contributed by atoms with Crippen molar-refractivity contribution in [3.8, 4) is 0 Å². The van der Waals surface area contributed by atoms with Gasteiger partial charge in [0, 0.05) is 22.8 Å². The van der Waals surface area contributed by atoms with Gasteiger partial charge in [0.2, 0.25) is 0 Å². The number of hydrogen-bond donors (Lipinski definition) is 0. The zero-order valence-electron chi connectivity index (χ0n) is 12.0. The molecule has 3 heterocycles. The summed E-state index contributed by atoms with van der Waals surface area (Å²) in [5, 5.41) is 4.08. The fourth-order valence-corrected chi connectivity index (χ4v) is 4.02. The van der Waals surface area contributed by atoms with Gasteiger partial charge in [-0.3, -0.25) is 4.79 Å². The number of carbonyl (C=O) groups is 1. The largest absolute Gasteiger partial charge is 0.339 e. The third-order valence-electron chi connectivity index (χ3n) is 3.74. The molecule has 2 aromatic rings. The van der Waals surface area contributed by atoms with E-state index in [2.05, 4.69) is 6.07 Å². The minimum absolute atomic E-state index is 0.188. The Labute approximate surface area is 133 Å². The summed E-state index contributed by atoms with van der Waals surface area (Å²) in [6.45, 7) is 1.79. The van der Waals surface area contributed by atoms with E-state index < -0.39 is 0 Å². The van der Waals surface area contributed by atoms with E-state index in [1.165, 1.54) is 12.8 Å². The summed E-state index contributed by atoms with van der Waals surface area (Å²) in [5.41, 5.74) is 0.842. The van der Waals surface area contributed by atoms with Crippen molar-refractivity contribution in [1.82, 2.24) is 4.90 Å². The first kappa shape index (κ1) is 14.5. The topological polar surface area (TPSA) is 20.3 Å². The Morgan fingerprint density at radius 3 is 2.33 bits per heavy atom. The quantitative estimate of drug-likeness (QED) is 0.748. The highest BCUT2D eigenvalue weighted by molar-refractivity contribution is 7.12. The normalized spacial score (nSPS) is 16.8. The molecule has 4 heteroatoms. The fraction of sp³-hybridized carbons (Fsp3) is 0.353. The maximum Gasteiger partial charge on any atom is 0.255 e. The van der Waals surface area contributed by atoms with Crippen LogP contribution in [0.2, 0.25) is 0 Å². The summed E-state index contributed by atoms with van der Waals surface area (Å²) in [5.74, 6) is 0.188. The Kier molecular flexibility index (Phi) is 4.88. The van der Waals surface area contributed by atoms with Crippen LogP contribution in [0.4, 0.5) is 0 Å². The molecule has 0 aliphatic carbocycles. The highest BCUT2D eigenvalue weighted by atomic mass is 32.1. The average Bonchev–Trinajstić information content (AvgIpc) is 3.13. The van der Waals surface area contributed by atoms with E-state index in [0.717, 1.165) is 41.3 Å². The van der Waals surface area contributed by atoms with Crippen molar-refractivity contribution in [1.29, 1.82) is 0 Å². The van der Waals surface area contributed by atoms with Crippen molar-refractivity contribution in [2.24, 2.45) is 0 Å². The highest BCUT2D eigenvalue weighted by Gasteiger charge is 2.21. The number of hydrogen-bond acceptors (Lipinski definition) is 3. The standard InChI is InChI=1S/C17H19NOS2/c19-17(18-9-3-1-2-4-10-18)15(16-8-6-12-21-16)13-14-7-5-11-20-14/h5-8,11-13H,1-4,9-10H2. The van der Waals surface area contributed by atoms with Crippen molar-refractivity contribution >= 4 is 40.2 Å². The Morgan fingerprint density at radius 1 is 1.00 bits per heavy atom. The minimum atomic E-state index is 0.188. The van der Waals surface area contributed by atoms with Gasteiger partial charge in [-0.1, -0.05) is 25.0 Å². The SMILES string of the molecule is O=C(C(=Cc1cccs1)c1cccs1)N1CCCCCC1. The summed E-state index contributed by atoms with van der Waals surface area (Å²) in [4.78, 5) is 17.2. The molecule has 0 aromatic carbocycles. The van der Waals surface area contributed by atoms with E-state index in [1.54, 1.807) is 22.7 Å². The van der Waals surface area contributed by atoms with Crippen molar-refractivity contribution in [2.75, 3.05) is 13.1 Å². The third-order valence-corrected chi connectivity index (χ3v) is 5.46. The Hall–Kier alpha value is -1.39. The zero-order chi connectivity index (χ0) is 14.5. The van der Waals surface area contributed by atoms with Gasteiger partial charge in [-0.2, -0.15) is 0 Å². The van der Waals surface area contributed by atoms with Crippen LogP contribution >= 0.6 is 22.7 Å². The molecule has 1 aliphatic heterocycles. The first-order valence-electron chi connectivity index (χ1n) is 7.43. The van der Waals surface area contributed by atoms with E-state index >= 15 is 0 Å². The van der Waals surface area contributed by atoms with Crippen molar-refractivity contribution in [3.63, 3.8) is 0 Å². The lowest BCUT2D eigenvalue weighted by Gasteiger charge is -2.21. The van der Waals surface area contributed by atoms with Gasteiger partial charge < -0.3 is 4.90 Å². The minimum Gasteiger partial charge on any atom is -0.339 e. The van der Waals surface area contributed by atoms with Crippen LogP contribution in [0.15, 0.2) is 35.0 Å². The maximum atomic E-state index is 12.9.